The lowest BCUT2D eigenvalue weighted by atomic mass is 10.0. The van der Waals surface area contributed by atoms with Crippen molar-refractivity contribution in [2.75, 3.05) is 6.61 Å². The molecule has 19 heavy (non-hydrogen) atoms. The topological polar surface area (TPSA) is 55.8 Å². The van der Waals surface area contributed by atoms with Gasteiger partial charge in [0, 0.05) is 6.42 Å². The zero-order valence-electron chi connectivity index (χ0n) is 11.1. The van der Waals surface area contributed by atoms with E-state index in [4.69, 9.17) is 9.84 Å². The first-order chi connectivity index (χ1) is 8.99. The molecule has 0 radical (unpaired) electrons. The molecule has 0 bridgehead atoms. The van der Waals surface area contributed by atoms with Crippen molar-refractivity contribution in [2.24, 2.45) is 5.92 Å². The van der Waals surface area contributed by atoms with Gasteiger partial charge in [0.05, 0.1) is 12.7 Å². The van der Waals surface area contributed by atoms with Gasteiger partial charge in [0.25, 0.3) is 0 Å². The number of carboxylic acid groups (broad SMARTS) is 1. The lowest BCUT2D eigenvalue weighted by Gasteiger charge is -2.11. The zero-order valence-corrected chi connectivity index (χ0v) is 11.1. The second kappa shape index (κ2) is 7.74. The van der Waals surface area contributed by atoms with Crippen molar-refractivity contribution in [1.29, 1.82) is 0 Å². The lowest BCUT2D eigenvalue weighted by molar-refractivity contribution is 0.0713. The summed E-state index contributed by atoms with van der Waals surface area (Å²) in [5, 5.41) is 8.14. The number of halogens is 1. The second-order valence-corrected chi connectivity index (χ2v) is 4.63. The summed E-state index contributed by atoms with van der Waals surface area (Å²) in [6.45, 7) is 4.42. The van der Waals surface area contributed by atoms with Crippen LogP contribution in [0.15, 0.2) is 30.3 Å². The van der Waals surface area contributed by atoms with Crippen molar-refractivity contribution in [3.63, 3.8) is 0 Å². The molecule has 1 heterocycles. The second-order valence-electron chi connectivity index (χ2n) is 4.63. The average molecular weight is 270 g/mol. The Hall–Kier alpha value is -1.62. The maximum absolute atomic E-state index is 12.4. The molecule has 4 nitrogen and oxygen atoms in total. The first kappa shape index (κ1) is 15.4. The van der Waals surface area contributed by atoms with Crippen LogP contribution in [0.1, 0.15) is 20.3 Å². The van der Waals surface area contributed by atoms with Gasteiger partial charge in [-0.2, -0.15) is 0 Å². The van der Waals surface area contributed by atoms with Gasteiger partial charge in [-0.1, -0.05) is 32.0 Å². The molecule has 1 aromatic carbocycles. The van der Waals surface area contributed by atoms with Gasteiger partial charge in [0.2, 0.25) is 0 Å². The molecule has 1 aliphatic heterocycles. The van der Waals surface area contributed by atoms with Gasteiger partial charge in [0.1, 0.15) is 11.9 Å². The normalized spacial score (nSPS) is 21.7. The molecule has 5 heteroatoms. The number of alkyl halides is 1. The SMILES string of the molecule is CC(C)C1CC(F)CO1.O=C(O)Oc1ccccc1. The highest BCUT2D eigenvalue weighted by atomic mass is 19.1. The molecule has 0 amide bonds. The fourth-order valence-corrected chi connectivity index (χ4v) is 1.67. The van der Waals surface area contributed by atoms with E-state index in [2.05, 4.69) is 18.6 Å². The quantitative estimate of drug-likeness (QED) is 0.660. The van der Waals surface area contributed by atoms with Crippen LogP contribution in [0.4, 0.5) is 9.18 Å². The minimum Gasteiger partial charge on any atom is -0.449 e. The summed E-state index contributed by atoms with van der Waals surface area (Å²) >= 11 is 0. The van der Waals surface area contributed by atoms with Crippen LogP contribution >= 0.6 is 0 Å². The molecule has 0 aromatic heterocycles. The van der Waals surface area contributed by atoms with E-state index in [9.17, 15) is 9.18 Å². The Morgan fingerprint density at radius 3 is 2.42 bits per heavy atom. The Bertz CT molecular complexity index is 380. The molecule has 1 fully saturated rings. The summed E-state index contributed by atoms with van der Waals surface area (Å²) in [5.74, 6) is 0.806. The van der Waals surface area contributed by atoms with Crippen LogP contribution in [0.5, 0.6) is 5.75 Å². The summed E-state index contributed by atoms with van der Waals surface area (Å²) in [4.78, 5) is 9.95. The molecule has 106 valence electrons. The van der Waals surface area contributed by atoms with Gasteiger partial charge in [-0.05, 0) is 18.1 Å². The van der Waals surface area contributed by atoms with E-state index in [0.717, 1.165) is 0 Å². The molecule has 0 aliphatic carbocycles. The number of carbonyl (C=O) groups is 1. The van der Waals surface area contributed by atoms with Crippen LogP contribution in [-0.2, 0) is 4.74 Å². The fraction of sp³-hybridized carbons (Fsp3) is 0.500. The molecule has 1 aromatic rings. The van der Waals surface area contributed by atoms with E-state index in [1.165, 1.54) is 0 Å². The van der Waals surface area contributed by atoms with E-state index in [-0.39, 0.29) is 6.10 Å². The van der Waals surface area contributed by atoms with Gasteiger partial charge < -0.3 is 14.6 Å². The number of benzene rings is 1. The number of hydrogen-bond donors (Lipinski definition) is 1. The Labute approximate surface area is 112 Å². The Balaban J connectivity index is 0.000000191. The Morgan fingerprint density at radius 2 is 2.05 bits per heavy atom. The smallest absolute Gasteiger partial charge is 0.449 e. The van der Waals surface area contributed by atoms with E-state index < -0.39 is 12.3 Å². The summed E-state index contributed by atoms with van der Waals surface area (Å²) in [6, 6.07) is 8.35. The van der Waals surface area contributed by atoms with Crippen molar-refractivity contribution < 1.29 is 23.8 Å². The molecule has 2 rings (SSSR count). The van der Waals surface area contributed by atoms with Gasteiger partial charge in [-0.25, -0.2) is 9.18 Å². The van der Waals surface area contributed by atoms with Gasteiger partial charge >= 0.3 is 6.16 Å². The van der Waals surface area contributed by atoms with E-state index >= 15 is 0 Å². The fourth-order valence-electron chi connectivity index (χ4n) is 1.67. The Morgan fingerprint density at radius 1 is 1.42 bits per heavy atom. The third kappa shape index (κ3) is 6.20. The summed E-state index contributed by atoms with van der Waals surface area (Å²) < 4.78 is 21.9. The van der Waals surface area contributed by atoms with Crippen molar-refractivity contribution in [2.45, 2.75) is 32.5 Å². The van der Waals surface area contributed by atoms with Crippen LogP contribution < -0.4 is 4.74 Å². The molecule has 2 unspecified atom stereocenters. The van der Waals surface area contributed by atoms with E-state index in [1.807, 2.05) is 0 Å². The van der Waals surface area contributed by atoms with E-state index in [1.54, 1.807) is 30.3 Å². The van der Waals surface area contributed by atoms with Crippen molar-refractivity contribution in [3.8, 4) is 5.75 Å². The van der Waals surface area contributed by atoms with Gasteiger partial charge in [-0.15, -0.1) is 0 Å². The minimum absolute atomic E-state index is 0.167. The van der Waals surface area contributed by atoms with Crippen LogP contribution in [0.2, 0.25) is 0 Å². The van der Waals surface area contributed by atoms with Crippen molar-refractivity contribution in [1.82, 2.24) is 0 Å². The third-order valence-corrected chi connectivity index (χ3v) is 2.67. The molecule has 1 saturated heterocycles. The maximum atomic E-state index is 12.4. The first-order valence-electron chi connectivity index (χ1n) is 6.20. The van der Waals surface area contributed by atoms with E-state index in [0.29, 0.717) is 24.7 Å². The number of rotatable bonds is 2. The predicted molar refractivity (Wildman–Crippen MR) is 69.2 cm³/mol. The van der Waals surface area contributed by atoms with Crippen LogP contribution in [0, 0.1) is 5.92 Å². The molecular formula is C14H19FO4. The minimum atomic E-state index is -1.29. The predicted octanol–water partition coefficient (Wildman–Crippen LogP) is 3.51. The highest BCUT2D eigenvalue weighted by Gasteiger charge is 2.26. The number of para-hydroxylation sites is 1. The molecule has 1 N–H and O–H groups in total. The monoisotopic (exact) mass is 270 g/mol. The summed E-state index contributed by atoms with van der Waals surface area (Å²) in [5.41, 5.74) is 0. The highest BCUT2D eigenvalue weighted by molar-refractivity contribution is 5.60. The maximum Gasteiger partial charge on any atom is 0.511 e. The average Bonchev–Trinajstić information content (AvgIpc) is 2.77. The molecule has 0 spiro atoms. The third-order valence-electron chi connectivity index (χ3n) is 2.67. The molecule has 2 atom stereocenters. The molecule has 1 aliphatic rings. The molecular weight excluding hydrogens is 251 g/mol. The summed E-state index contributed by atoms with van der Waals surface area (Å²) in [7, 11) is 0. The lowest BCUT2D eigenvalue weighted by Crippen LogP contribution is -2.12. The molecule has 0 saturated carbocycles. The highest BCUT2D eigenvalue weighted by Crippen LogP contribution is 2.21. The van der Waals surface area contributed by atoms with Crippen LogP contribution in [-0.4, -0.2) is 30.1 Å². The van der Waals surface area contributed by atoms with Gasteiger partial charge in [-0.3, -0.25) is 0 Å². The standard InChI is InChI=1S/C7H13FO.C7H6O3/c1-5(2)7-3-6(8)4-9-7;8-7(9)10-6-4-2-1-3-5-6/h5-7H,3-4H2,1-2H3;1-5H,(H,8,9). The largest absolute Gasteiger partial charge is 0.511 e. The van der Waals surface area contributed by atoms with Crippen LogP contribution in [0.3, 0.4) is 0 Å². The summed E-state index contributed by atoms with van der Waals surface area (Å²) in [6.07, 6.45) is -1.24. The van der Waals surface area contributed by atoms with Crippen molar-refractivity contribution in [3.05, 3.63) is 30.3 Å². The Kier molecular flexibility index (Phi) is 6.29. The number of hydrogen-bond acceptors (Lipinski definition) is 3. The van der Waals surface area contributed by atoms with Crippen LogP contribution in [0.25, 0.3) is 0 Å². The van der Waals surface area contributed by atoms with Gasteiger partial charge in [0.15, 0.2) is 0 Å². The number of ether oxygens (including phenoxy) is 2. The first-order valence-corrected chi connectivity index (χ1v) is 6.20. The zero-order chi connectivity index (χ0) is 14.3. The van der Waals surface area contributed by atoms with Crippen molar-refractivity contribution >= 4 is 6.16 Å².